The average molecular weight is 180 g/mol. The fraction of sp³-hybridized carbons (Fsp3) is 0. The lowest BCUT2D eigenvalue weighted by Gasteiger charge is -2.00. The Hall–Kier alpha value is 0.580. The molecule has 0 saturated heterocycles. The summed E-state index contributed by atoms with van der Waals surface area (Å²) in [7, 11) is -5.22. The Bertz CT molecular complexity index is 42.2. The first kappa shape index (κ1) is 16.3. The number of hydrogen-bond donors (Lipinski definition) is 6. The lowest BCUT2D eigenvalue weighted by Crippen LogP contribution is -1.73. The zero-order valence-corrected chi connectivity index (χ0v) is 6.29. The van der Waals surface area contributed by atoms with E-state index in [0.29, 0.717) is 0 Å². The maximum absolute atomic E-state index is 7.82. The molecule has 0 heterocycles. The van der Waals surface area contributed by atoms with Gasteiger partial charge in [-0.3, -0.25) is 0 Å². The molecular weight excluding hydrogens is 170 g/mol. The summed E-state index contributed by atoms with van der Waals surface area (Å²) in [6.07, 6.45) is 0. The molecule has 9 heteroatoms. The van der Waals surface area contributed by atoms with Crippen LogP contribution in [0.2, 0.25) is 0 Å². The van der Waals surface area contributed by atoms with Gasteiger partial charge in [0.05, 0.1) is 0 Å². The summed E-state index contributed by atoms with van der Waals surface area (Å²) >= 11 is 0. The van der Waals surface area contributed by atoms with Crippen molar-refractivity contribution in [3.63, 3.8) is 0 Å². The summed E-state index contributed by atoms with van der Waals surface area (Å²) in [6.45, 7) is 0. The van der Waals surface area contributed by atoms with Crippen LogP contribution in [0.1, 0.15) is 0 Å². The molecule has 0 atom stereocenters. The van der Waals surface area contributed by atoms with Gasteiger partial charge in [-0.25, -0.2) is 4.31 Å². The second-order valence-electron chi connectivity index (χ2n) is 0.587. The summed E-state index contributed by atoms with van der Waals surface area (Å²) in [5.74, 6) is 0. The van der Waals surface area contributed by atoms with Gasteiger partial charge < -0.3 is 31.9 Å². The van der Waals surface area contributed by atoms with Crippen molar-refractivity contribution in [1.82, 2.24) is 12.3 Å². The third-order valence-electron chi connectivity index (χ3n) is 0.146. The maximum Gasteiger partial charge on any atom is 0.334 e. The molecule has 0 aromatic rings. The topological polar surface area (TPSA) is 160 Å². The van der Waals surface area contributed by atoms with E-state index >= 15 is 0 Å². The third-order valence-corrected chi connectivity index (χ3v) is 1.31. The molecule has 0 aromatic heterocycles. The van der Waals surface area contributed by atoms with Gasteiger partial charge in [-0.2, -0.15) is 0 Å². The van der Waals surface area contributed by atoms with Crippen LogP contribution in [-0.4, -0.2) is 19.6 Å². The maximum atomic E-state index is 7.82. The second-order valence-corrected chi connectivity index (χ2v) is 2.25. The van der Waals surface area contributed by atoms with Crippen molar-refractivity contribution < 1.29 is 23.9 Å². The smallest absolute Gasteiger partial charge is 0.334 e. The van der Waals surface area contributed by atoms with Gasteiger partial charge >= 0.3 is 17.2 Å². The zero-order valence-electron chi connectivity index (χ0n) is 4.51. The lowest BCUT2D eigenvalue weighted by atomic mass is 14.0. The van der Waals surface area contributed by atoms with Crippen LogP contribution >= 0.6 is 17.2 Å². The van der Waals surface area contributed by atoms with Crippen molar-refractivity contribution in [3.8, 4) is 0 Å². The van der Waals surface area contributed by atoms with Crippen molar-refractivity contribution in [3.05, 3.63) is 0 Å². The summed E-state index contributed by atoms with van der Waals surface area (Å²) in [4.78, 5) is 31.3. The van der Waals surface area contributed by atoms with Crippen molar-refractivity contribution >= 4 is 17.2 Å². The Morgan fingerprint density at radius 3 is 1.00 bits per heavy atom. The van der Waals surface area contributed by atoms with Gasteiger partial charge in [0.2, 0.25) is 0 Å². The van der Waals surface area contributed by atoms with Gasteiger partial charge in [-0.1, -0.05) is 0 Å². The lowest BCUT2D eigenvalue weighted by molar-refractivity contribution is 0.324. The van der Waals surface area contributed by atoms with Crippen LogP contribution in [0.3, 0.4) is 0 Å². The van der Waals surface area contributed by atoms with E-state index in [-0.39, 0.29) is 12.3 Å². The highest BCUT2D eigenvalue weighted by molar-refractivity contribution is 7.53. The molecule has 0 spiro atoms. The molecule has 0 unspecified atom stereocenters. The van der Waals surface area contributed by atoms with E-state index < -0.39 is 17.2 Å². The zero-order chi connectivity index (χ0) is 5.86. The van der Waals surface area contributed by atoms with Gasteiger partial charge in [0.25, 0.3) is 0 Å². The van der Waals surface area contributed by atoms with Crippen LogP contribution in [0.5, 0.6) is 0 Å². The highest BCUT2D eigenvalue weighted by Crippen LogP contribution is 2.41. The third kappa shape index (κ3) is 17.7. The molecule has 0 saturated carbocycles. The van der Waals surface area contributed by atoms with E-state index in [1.165, 1.54) is 0 Å². The Balaban J connectivity index is -0.000000180. The molecule has 0 aliphatic rings. The Labute approximate surface area is 54.5 Å². The summed E-state index contributed by atoms with van der Waals surface area (Å²) in [6, 6.07) is 0. The van der Waals surface area contributed by atoms with Crippen LogP contribution in [0.15, 0.2) is 0 Å². The van der Waals surface area contributed by atoms with Crippen LogP contribution in [0, 0.1) is 0 Å². The van der Waals surface area contributed by atoms with Crippen LogP contribution < -0.4 is 12.3 Å². The minimum atomic E-state index is -2.61. The molecule has 7 nitrogen and oxygen atoms in total. The molecule has 0 rings (SSSR count). The normalized spacial score (nSPS) is 8.67. The predicted molar refractivity (Wildman–Crippen MR) is 33.8 cm³/mol. The molecule has 10 N–H and O–H groups in total. The first-order valence-corrected chi connectivity index (χ1v) is 3.50. The molecule has 0 amide bonds. The van der Waals surface area contributed by atoms with Gasteiger partial charge in [0, 0.05) is 0 Å². The van der Waals surface area contributed by atoms with E-state index in [0.717, 1.165) is 0 Å². The highest BCUT2D eigenvalue weighted by atomic mass is 31.2. The Morgan fingerprint density at radius 1 is 0.778 bits per heavy atom. The van der Waals surface area contributed by atoms with Gasteiger partial charge in [0.15, 0.2) is 0 Å². The largest absolute Gasteiger partial charge is 0.344 e. The van der Waals surface area contributed by atoms with E-state index in [1.807, 2.05) is 0 Å². The molecule has 0 aliphatic heterocycles. The fourth-order valence-corrected chi connectivity index (χ4v) is 0.588. The SMILES string of the molecule is N.N.OP(O)OP(O)O. The molecule has 60 valence electrons. The minimum Gasteiger partial charge on any atom is -0.344 e. The molecule has 0 bridgehead atoms. The predicted octanol–water partition coefficient (Wildman–Crippen LogP) is -0.250. The minimum absolute atomic E-state index is 0. The van der Waals surface area contributed by atoms with Crippen molar-refractivity contribution in [1.29, 1.82) is 0 Å². The van der Waals surface area contributed by atoms with Crippen molar-refractivity contribution in [2.75, 3.05) is 0 Å². The van der Waals surface area contributed by atoms with Crippen LogP contribution in [0.25, 0.3) is 0 Å². The fourth-order valence-electron chi connectivity index (χ4n) is 0.0653. The monoisotopic (exact) mass is 180 g/mol. The average Bonchev–Trinajstić information content (AvgIpc) is 1.27. The molecule has 9 heavy (non-hydrogen) atoms. The summed E-state index contributed by atoms with van der Waals surface area (Å²) in [5, 5.41) is 0. The Kier molecular flexibility index (Phi) is 15.5. The van der Waals surface area contributed by atoms with Gasteiger partial charge in [-0.05, 0) is 0 Å². The first-order chi connectivity index (χ1) is 3.13. The van der Waals surface area contributed by atoms with E-state index in [2.05, 4.69) is 4.31 Å². The second kappa shape index (κ2) is 8.58. The first-order valence-electron chi connectivity index (χ1n) is 1.17. The quantitative estimate of drug-likeness (QED) is 0.319. The van der Waals surface area contributed by atoms with Crippen LogP contribution in [-0.2, 0) is 4.31 Å². The summed E-state index contributed by atoms with van der Waals surface area (Å²) < 4.78 is 3.60. The van der Waals surface area contributed by atoms with E-state index in [9.17, 15) is 0 Å². The van der Waals surface area contributed by atoms with Gasteiger partial charge in [0.1, 0.15) is 0 Å². The highest BCUT2D eigenvalue weighted by Gasteiger charge is 2.05. The van der Waals surface area contributed by atoms with Gasteiger partial charge in [-0.15, -0.1) is 0 Å². The van der Waals surface area contributed by atoms with Crippen LogP contribution in [0.4, 0.5) is 0 Å². The number of rotatable bonds is 2. The standard InChI is InChI=1S/2H3N.H4O5P2/c;;1-6(2)5-7(3)4/h2*1H3;1-4H. The Morgan fingerprint density at radius 2 is 1.00 bits per heavy atom. The van der Waals surface area contributed by atoms with Crippen molar-refractivity contribution in [2.24, 2.45) is 0 Å². The molecule has 0 aliphatic carbocycles. The van der Waals surface area contributed by atoms with E-state index in [4.69, 9.17) is 19.6 Å². The summed E-state index contributed by atoms with van der Waals surface area (Å²) in [5.41, 5.74) is 0. The van der Waals surface area contributed by atoms with Crippen molar-refractivity contribution in [2.45, 2.75) is 0 Å². The molecule has 0 radical (unpaired) electrons. The number of hydrogen-bond acceptors (Lipinski definition) is 7. The molecule has 0 fully saturated rings. The molecule has 0 aromatic carbocycles. The van der Waals surface area contributed by atoms with E-state index in [1.54, 1.807) is 0 Å². The molecular formula is H10N2O5P2.